The molecule has 0 aliphatic heterocycles. The Kier molecular flexibility index (Phi) is 8.85. The van der Waals surface area contributed by atoms with Gasteiger partial charge >= 0.3 is 7.82 Å². The second-order valence-corrected chi connectivity index (χ2v) is 8.69. The van der Waals surface area contributed by atoms with Crippen LogP contribution in [0, 0.1) is 0 Å². The maximum atomic E-state index is 12.2. The zero-order chi connectivity index (χ0) is 21.1. The van der Waals surface area contributed by atoms with E-state index in [1.165, 1.54) is 5.56 Å². The van der Waals surface area contributed by atoms with Gasteiger partial charge in [-0.25, -0.2) is 4.57 Å². The summed E-state index contributed by atoms with van der Waals surface area (Å²) in [6.07, 6.45) is 3.13. The molecule has 0 heterocycles. The van der Waals surface area contributed by atoms with Crippen LogP contribution in [0.15, 0.2) is 91.0 Å². The normalized spacial score (nSPS) is 13.3. The minimum absolute atomic E-state index is 0.0956. The molecule has 0 amide bonds. The van der Waals surface area contributed by atoms with Crippen molar-refractivity contribution in [1.29, 1.82) is 0 Å². The van der Waals surface area contributed by atoms with Crippen molar-refractivity contribution in [1.82, 2.24) is 0 Å². The highest BCUT2D eigenvalue weighted by atomic mass is 31.2. The fourth-order valence-electron chi connectivity index (χ4n) is 3.48. The summed E-state index contributed by atoms with van der Waals surface area (Å²) in [5.41, 5.74) is 3.57. The van der Waals surface area contributed by atoms with Crippen molar-refractivity contribution in [3.05, 3.63) is 108 Å². The van der Waals surface area contributed by atoms with Crippen LogP contribution < -0.4 is 0 Å². The van der Waals surface area contributed by atoms with E-state index < -0.39 is 7.82 Å². The number of phosphoric ester groups is 1. The molecule has 0 aromatic heterocycles. The van der Waals surface area contributed by atoms with E-state index in [0.717, 1.165) is 24.0 Å². The third-order valence-electron chi connectivity index (χ3n) is 5.02. The maximum Gasteiger partial charge on any atom is 0.472 e. The van der Waals surface area contributed by atoms with E-state index in [0.29, 0.717) is 12.8 Å². The predicted molar refractivity (Wildman–Crippen MR) is 120 cm³/mol. The number of hydrogen-bond donors (Lipinski definition) is 1. The first-order valence-electron chi connectivity index (χ1n) is 10.4. The minimum atomic E-state index is -4.04. The molecule has 3 aromatic carbocycles. The van der Waals surface area contributed by atoms with Gasteiger partial charge in [0, 0.05) is 5.92 Å². The average molecular weight is 424 g/mol. The van der Waals surface area contributed by atoms with Crippen molar-refractivity contribution in [2.75, 3.05) is 13.2 Å². The molecule has 5 heteroatoms. The van der Waals surface area contributed by atoms with Crippen molar-refractivity contribution < 1.29 is 18.5 Å². The van der Waals surface area contributed by atoms with Crippen molar-refractivity contribution in [2.45, 2.75) is 31.6 Å². The lowest BCUT2D eigenvalue weighted by Crippen LogP contribution is -2.06. The molecular formula is C25H29O4P. The Morgan fingerprint density at radius 3 is 1.77 bits per heavy atom. The topological polar surface area (TPSA) is 55.8 Å². The number of unbranched alkanes of at least 4 members (excludes halogenated alkanes) is 1. The summed E-state index contributed by atoms with van der Waals surface area (Å²) in [5.74, 6) is 0.0956. The molecule has 0 bridgehead atoms. The SMILES string of the molecule is O=P(O)(OCCCCc1ccccc1)OCCC(c1ccccc1)c1ccccc1. The maximum absolute atomic E-state index is 12.2. The Morgan fingerprint density at radius 1 is 0.700 bits per heavy atom. The summed E-state index contributed by atoms with van der Waals surface area (Å²) in [6, 6.07) is 30.4. The fraction of sp³-hybridized carbons (Fsp3) is 0.280. The number of phosphoric acid groups is 1. The highest BCUT2D eigenvalue weighted by molar-refractivity contribution is 7.47. The Bertz CT molecular complexity index is 861. The number of rotatable bonds is 12. The summed E-state index contributed by atoms with van der Waals surface area (Å²) >= 11 is 0. The van der Waals surface area contributed by atoms with Crippen LogP contribution in [0.5, 0.6) is 0 Å². The van der Waals surface area contributed by atoms with Crippen molar-refractivity contribution >= 4 is 7.82 Å². The van der Waals surface area contributed by atoms with Crippen LogP contribution in [-0.2, 0) is 20.0 Å². The first-order chi connectivity index (χ1) is 14.6. The fourth-order valence-corrected chi connectivity index (χ4v) is 4.25. The van der Waals surface area contributed by atoms with Gasteiger partial charge in [-0.3, -0.25) is 9.05 Å². The molecule has 0 radical (unpaired) electrons. The molecule has 0 aliphatic rings. The second kappa shape index (κ2) is 11.8. The van der Waals surface area contributed by atoms with Gasteiger partial charge in [0.1, 0.15) is 0 Å². The molecule has 30 heavy (non-hydrogen) atoms. The Hall–Kier alpha value is -2.23. The predicted octanol–water partition coefficient (Wildman–Crippen LogP) is 6.37. The van der Waals surface area contributed by atoms with Gasteiger partial charge in [-0.05, 0) is 42.4 Å². The van der Waals surface area contributed by atoms with Crippen LogP contribution in [0.25, 0.3) is 0 Å². The second-order valence-electron chi connectivity index (χ2n) is 7.24. The van der Waals surface area contributed by atoms with E-state index in [4.69, 9.17) is 9.05 Å². The van der Waals surface area contributed by atoms with Crippen LogP contribution in [0.3, 0.4) is 0 Å². The molecular weight excluding hydrogens is 395 g/mol. The van der Waals surface area contributed by atoms with Crippen molar-refractivity contribution in [3.63, 3.8) is 0 Å². The lowest BCUT2D eigenvalue weighted by Gasteiger charge is -2.19. The summed E-state index contributed by atoms with van der Waals surface area (Å²) < 4.78 is 22.6. The van der Waals surface area contributed by atoms with Gasteiger partial charge < -0.3 is 4.89 Å². The highest BCUT2D eigenvalue weighted by Gasteiger charge is 2.22. The molecule has 0 aliphatic carbocycles. The number of aryl methyl sites for hydroxylation is 1. The molecule has 1 unspecified atom stereocenters. The first-order valence-corrected chi connectivity index (χ1v) is 11.9. The summed E-state index contributed by atoms with van der Waals surface area (Å²) in [5, 5.41) is 0. The lowest BCUT2D eigenvalue weighted by molar-refractivity contribution is 0.145. The van der Waals surface area contributed by atoms with E-state index in [1.807, 2.05) is 54.6 Å². The third-order valence-corrected chi connectivity index (χ3v) is 6.04. The lowest BCUT2D eigenvalue weighted by atomic mass is 9.89. The summed E-state index contributed by atoms with van der Waals surface area (Å²) in [4.78, 5) is 10.00. The number of benzene rings is 3. The quantitative estimate of drug-likeness (QED) is 0.271. The zero-order valence-corrected chi connectivity index (χ0v) is 18.0. The monoisotopic (exact) mass is 424 g/mol. The van der Waals surface area contributed by atoms with E-state index >= 15 is 0 Å². The Morgan fingerprint density at radius 2 is 1.20 bits per heavy atom. The minimum Gasteiger partial charge on any atom is -0.302 e. The standard InChI is InChI=1S/C25H29O4P/c26-30(27,28-20-11-10-14-22-12-4-1-5-13-22)29-21-19-25(23-15-6-2-7-16-23)24-17-8-3-9-18-24/h1-9,12-13,15-18,25H,10-11,14,19-21H2,(H,26,27). The highest BCUT2D eigenvalue weighted by Crippen LogP contribution is 2.44. The molecule has 0 fully saturated rings. The van der Waals surface area contributed by atoms with Gasteiger partial charge in [0.15, 0.2) is 0 Å². The van der Waals surface area contributed by atoms with E-state index in [1.54, 1.807) is 0 Å². The molecule has 3 aromatic rings. The van der Waals surface area contributed by atoms with Crippen LogP contribution in [-0.4, -0.2) is 18.1 Å². The molecule has 0 saturated heterocycles. The van der Waals surface area contributed by atoms with Crippen LogP contribution in [0.1, 0.15) is 41.9 Å². The molecule has 158 valence electrons. The van der Waals surface area contributed by atoms with Crippen molar-refractivity contribution in [3.8, 4) is 0 Å². The van der Waals surface area contributed by atoms with Gasteiger partial charge in [-0.1, -0.05) is 91.0 Å². The van der Waals surface area contributed by atoms with E-state index in [2.05, 4.69) is 36.4 Å². The van der Waals surface area contributed by atoms with Crippen LogP contribution in [0.4, 0.5) is 0 Å². The Balaban J connectivity index is 1.44. The largest absolute Gasteiger partial charge is 0.472 e. The van der Waals surface area contributed by atoms with E-state index in [9.17, 15) is 9.46 Å². The Labute approximate surface area is 179 Å². The molecule has 0 saturated carbocycles. The van der Waals surface area contributed by atoms with Gasteiger partial charge in [0.05, 0.1) is 13.2 Å². The van der Waals surface area contributed by atoms with Gasteiger partial charge in [0.2, 0.25) is 0 Å². The van der Waals surface area contributed by atoms with Gasteiger partial charge in [0.25, 0.3) is 0 Å². The average Bonchev–Trinajstić information content (AvgIpc) is 2.78. The smallest absolute Gasteiger partial charge is 0.302 e. The van der Waals surface area contributed by atoms with Gasteiger partial charge in [-0.15, -0.1) is 0 Å². The molecule has 1 atom stereocenters. The summed E-state index contributed by atoms with van der Waals surface area (Å²) in [7, 11) is -4.04. The number of hydrogen-bond acceptors (Lipinski definition) is 3. The van der Waals surface area contributed by atoms with Gasteiger partial charge in [-0.2, -0.15) is 0 Å². The molecule has 4 nitrogen and oxygen atoms in total. The van der Waals surface area contributed by atoms with Crippen molar-refractivity contribution in [2.24, 2.45) is 0 Å². The van der Waals surface area contributed by atoms with E-state index in [-0.39, 0.29) is 19.1 Å². The molecule has 0 spiro atoms. The summed E-state index contributed by atoms with van der Waals surface area (Å²) in [6.45, 7) is 0.355. The zero-order valence-electron chi connectivity index (χ0n) is 17.1. The first kappa shape index (κ1) is 22.5. The van der Waals surface area contributed by atoms with Crippen LogP contribution >= 0.6 is 7.82 Å². The van der Waals surface area contributed by atoms with Crippen LogP contribution in [0.2, 0.25) is 0 Å². The molecule has 1 N–H and O–H groups in total. The third kappa shape index (κ3) is 7.55. The molecule has 3 rings (SSSR count).